The zero-order chi connectivity index (χ0) is 39.4. The summed E-state index contributed by atoms with van der Waals surface area (Å²) in [6.45, 7) is 0. The monoisotopic (exact) mass is 775 g/mol. The summed E-state index contributed by atoms with van der Waals surface area (Å²) in [4.78, 5) is 15.9. The van der Waals surface area contributed by atoms with Crippen LogP contribution >= 0.6 is 0 Å². The van der Waals surface area contributed by atoms with Crippen LogP contribution in [0.3, 0.4) is 0 Å². The minimum Gasteiger partial charge on any atom is -0.456 e. The van der Waals surface area contributed by atoms with Gasteiger partial charge in [0.2, 0.25) is 0 Å². The maximum absolute atomic E-state index is 7.16. The quantitative estimate of drug-likeness (QED) is 0.178. The lowest BCUT2D eigenvalue weighted by Crippen LogP contribution is -2.37. The second-order valence-electron chi connectivity index (χ2n) is 17.6. The topological polar surface area (TPSA) is 65.0 Å². The predicted octanol–water partition coefficient (Wildman–Crippen LogP) is 14.6. The Morgan fingerprint density at radius 2 is 0.983 bits per heavy atom. The van der Waals surface area contributed by atoms with E-state index < -0.39 is 0 Å². The second kappa shape index (κ2) is 13.1. The summed E-state index contributed by atoms with van der Waals surface area (Å²) < 4.78 is 13.5. The first-order chi connectivity index (χ1) is 29.6. The van der Waals surface area contributed by atoms with E-state index in [0.717, 1.165) is 94.3 Å². The minimum atomic E-state index is 0.305. The van der Waals surface area contributed by atoms with Crippen LogP contribution in [-0.2, 0) is 5.41 Å². The zero-order valence-electron chi connectivity index (χ0n) is 33.1. The highest BCUT2D eigenvalue weighted by molar-refractivity contribution is 6.19. The standard InChI is InChI=1S/C55H41N3O2/c1-3-12-41-39(10-1)40-11-2-4-13-42(40)46-16-9-17-47(51(46)60-49-19-8-5-14-43(41)49)54-57-52(34-20-23-38(24-21-34)55-27-26-35-28-33(31-55)29-37(35)32-55)56-53(58-54)36-22-25-45-44-15-6-7-18-48(44)59-50(45)30-36/h1-25,30,33,35,37H,26-29,31-32H2/t33-,35?,37+,55?/m1/s1. The van der Waals surface area contributed by atoms with Crippen molar-refractivity contribution >= 4 is 65.4 Å². The van der Waals surface area contributed by atoms with Gasteiger partial charge in [-0.05, 0) is 119 Å². The molecule has 0 saturated heterocycles. The molecule has 0 amide bonds. The summed E-state index contributed by atoms with van der Waals surface area (Å²) in [7, 11) is 0. The predicted molar refractivity (Wildman–Crippen MR) is 243 cm³/mol. The normalized spacial score (nSPS) is 20.8. The Morgan fingerprint density at radius 3 is 1.73 bits per heavy atom. The molecule has 3 fully saturated rings. The van der Waals surface area contributed by atoms with Crippen molar-refractivity contribution < 1.29 is 8.83 Å². The maximum atomic E-state index is 7.16. The lowest BCUT2D eigenvalue weighted by Gasteiger charge is -2.45. The summed E-state index contributed by atoms with van der Waals surface area (Å²) in [5.41, 5.74) is 7.56. The maximum Gasteiger partial charge on any atom is 0.167 e. The van der Waals surface area contributed by atoms with E-state index in [2.05, 4.69) is 140 Å². The third-order valence-corrected chi connectivity index (χ3v) is 14.4. The number of hydrogen-bond acceptors (Lipinski definition) is 5. The van der Waals surface area contributed by atoms with Crippen LogP contribution < -0.4 is 0 Å². The van der Waals surface area contributed by atoms with Crippen molar-refractivity contribution in [2.45, 2.75) is 43.9 Å². The van der Waals surface area contributed by atoms with Crippen LogP contribution in [0.2, 0.25) is 0 Å². The Balaban J connectivity index is 1.05. The Hall–Kier alpha value is -6.85. The molecular weight excluding hydrogens is 735 g/mol. The summed E-state index contributed by atoms with van der Waals surface area (Å²) in [5, 5.41) is 8.66. The number of hydrogen-bond donors (Lipinski definition) is 0. The van der Waals surface area contributed by atoms with Crippen molar-refractivity contribution in [1.82, 2.24) is 15.0 Å². The van der Waals surface area contributed by atoms with Crippen molar-refractivity contribution in [2.24, 2.45) is 17.8 Å². The fourth-order valence-electron chi connectivity index (χ4n) is 11.7. The third-order valence-electron chi connectivity index (χ3n) is 14.4. The van der Waals surface area contributed by atoms with Crippen molar-refractivity contribution in [3.05, 3.63) is 163 Å². The Labute approximate surface area is 347 Å². The van der Waals surface area contributed by atoms with Gasteiger partial charge in [-0.3, -0.25) is 0 Å². The first-order valence-electron chi connectivity index (χ1n) is 21.5. The summed E-state index contributed by atoms with van der Waals surface area (Å²) >= 11 is 0. The fourth-order valence-corrected chi connectivity index (χ4v) is 11.7. The second-order valence-corrected chi connectivity index (χ2v) is 17.6. The van der Waals surface area contributed by atoms with E-state index in [-0.39, 0.29) is 0 Å². The summed E-state index contributed by atoms with van der Waals surface area (Å²) in [6, 6.07) is 55.5. The first kappa shape index (κ1) is 34.1. The van der Waals surface area contributed by atoms with Gasteiger partial charge in [0.05, 0.1) is 5.56 Å². The number of furan rings is 1. The van der Waals surface area contributed by atoms with Crippen LogP contribution in [0.25, 0.3) is 99.6 Å². The molecule has 4 atom stereocenters. The molecule has 2 unspecified atom stereocenters. The van der Waals surface area contributed by atoms with Gasteiger partial charge >= 0.3 is 0 Å². The molecule has 3 aliphatic carbocycles. The van der Waals surface area contributed by atoms with Crippen LogP contribution in [0.15, 0.2) is 167 Å². The Kier molecular flexibility index (Phi) is 7.42. The molecule has 3 heterocycles. The van der Waals surface area contributed by atoms with Crippen molar-refractivity contribution in [1.29, 1.82) is 0 Å². The molecule has 3 aromatic heterocycles. The van der Waals surface area contributed by atoms with E-state index in [1.54, 1.807) is 0 Å². The Morgan fingerprint density at radius 1 is 0.433 bits per heavy atom. The van der Waals surface area contributed by atoms with Gasteiger partial charge in [0, 0.05) is 32.7 Å². The molecular formula is C55H41N3O2. The summed E-state index contributed by atoms with van der Waals surface area (Å²) in [5.74, 6) is 4.50. The van der Waals surface area contributed by atoms with Crippen LogP contribution in [-0.4, -0.2) is 15.0 Å². The molecule has 0 aliphatic heterocycles. The smallest absolute Gasteiger partial charge is 0.167 e. The van der Waals surface area contributed by atoms with E-state index in [9.17, 15) is 0 Å². The highest BCUT2D eigenvalue weighted by atomic mass is 16.3. The average Bonchev–Trinajstić information content (AvgIpc) is 3.79. The van der Waals surface area contributed by atoms with Crippen molar-refractivity contribution in [3.8, 4) is 34.2 Å². The molecule has 5 nitrogen and oxygen atoms in total. The van der Waals surface area contributed by atoms with Gasteiger partial charge in [-0.15, -0.1) is 0 Å². The van der Waals surface area contributed by atoms with Gasteiger partial charge in [0.15, 0.2) is 17.5 Å². The lowest BCUT2D eigenvalue weighted by molar-refractivity contribution is 0.139. The molecule has 0 radical (unpaired) electrons. The van der Waals surface area contributed by atoms with Crippen LogP contribution in [0.4, 0.5) is 0 Å². The van der Waals surface area contributed by atoms with E-state index >= 15 is 0 Å². The molecule has 3 saturated carbocycles. The molecule has 60 heavy (non-hydrogen) atoms. The minimum absolute atomic E-state index is 0.305. The average molecular weight is 776 g/mol. The zero-order valence-corrected chi connectivity index (χ0v) is 33.1. The Bertz CT molecular complexity index is 3430. The SMILES string of the molecule is c1ccc2c(c1)oc1cc(-c3nc(-c4ccc(C56CCC7C[C@H](C[C@H]7C5)C6)cc4)nc(-c4cccc5c4oc4ccccc4c4ccccc4c4ccccc54)n3)ccc12. The molecule has 0 N–H and O–H groups in total. The first-order valence-corrected chi connectivity index (χ1v) is 21.5. The molecule has 0 spiro atoms. The molecule has 10 aromatic rings. The number of aromatic nitrogens is 3. The number of fused-ring (bicyclic) bond motifs is 12. The van der Waals surface area contributed by atoms with Gasteiger partial charge in [-0.1, -0.05) is 127 Å². The van der Waals surface area contributed by atoms with Crippen LogP contribution in [0.5, 0.6) is 0 Å². The van der Waals surface area contributed by atoms with Gasteiger partial charge in [-0.2, -0.15) is 0 Å². The van der Waals surface area contributed by atoms with Gasteiger partial charge in [0.25, 0.3) is 0 Å². The molecule has 3 aliphatic rings. The van der Waals surface area contributed by atoms with Crippen molar-refractivity contribution in [3.63, 3.8) is 0 Å². The third kappa shape index (κ3) is 5.28. The number of benzene rings is 7. The van der Waals surface area contributed by atoms with Gasteiger partial charge in [-0.25, -0.2) is 15.0 Å². The van der Waals surface area contributed by atoms with E-state index in [1.807, 2.05) is 18.2 Å². The molecule has 288 valence electrons. The van der Waals surface area contributed by atoms with Crippen LogP contribution in [0.1, 0.15) is 44.1 Å². The largest absolute Gasteiger partial charge is 0.456 e. The van der Waals surface area contributed by atoms with Gasteiger partial charge < -0.3 is 8.83 Å². The molecule has 3 bridgehead atoms. The molecule has 5 heteroatoms. The van der Waals surface area contributed by atoms with E-state index in [4.69, 9.17) is 23.8 Å². The number of para-hydroxylation sites is 3. The van der Waals surface area contributed by atoms with E-state index in [0.29, 0.717) is 28.5 Å². The fraction of sp³-hybridized carbons (Fsp3) is 0.182. The molecule has 13 rings (SSSR count). The summed E-state index contributed by atoms with van der Waals surface area (Å²) in [6.07, 6.45) is 8.25. The molecule has 7 aromatic carbocycles. The number of rotatable bonds is 4. The highest BCUT2D eigenvalue weighted by Gasteiger charge is 2.52. The van der Waals surface area contributed by atoms with Crippen molar-refractivity contribution in [2.75, 3.05) is 0 Å². The van der Waals surface area contributed by atoms with Crippen LogP contribution in [0, 0.1) is 17.8 Å². The van der Waals surface area contributed by atoms with Gasteiger partial charge in [0.1, 0.15) is 22.3 Å². The lowest BCUT2D eigenvalue weighted by atomic mass is 9.59. The number of nitrogens with zero attached hydrogens (tertiary/aromatic N) is 3. The van der Waals surface area contributed by atoms with E-state index in [1.165, 1.54) is 44.1 Å². The highest BCUT2D eigenvalue weighted by Crippen LogP contribution is 2.61.